The molecule has 0 aromatic carbocycles. The quantitative estimate of drug-likeness (QED) is 0.518. The zero-order valence-corrected chi connectivity index (χ0v) is 9.53. The van der Waals surface area contributed by atoms with Gasteiger partial charge < -0.3 is 10.6 Å². The number of hydrogen-bond acceptors (Lipinski definition) is 2. The van der Waals surface area contributed by atoms with Crippen LogP contribution in [0.1, 0.15) is 34.1 Å². The van der Waals surface area contributed by atoms with Gasteiger partial charge in [-0.15, -0.1) is 5.92 Å². The molecule has 0 heterocycles. The van der Waals surface area contributed by atoms with E-state index >= 15 is 0 Å². The molecule has 3 nitrogen and oxygen atoms in total. The van der Waals surface area contributed by atoms with Crippen LogP contribution in [0.5, 0.6) is 0 Å². The van der Waals surface area contributed by atoms with Gasteiger partial charge in [0.15, 0.2) is 0 Å². The number of carbonyl (C=O) groups is 1. The second-order valence-electron chi connectivity index (χ2n) is 4.15. The smallest absolute Gasteiger partial charge is 0.221 e. The lowest BCUT2D eigenvalue weighted by Crippen LogP contribution is -2.41. The molecule has 0 atom stereocenters. The molecule has 0 bridgehead atoms. The third-order valence-electron chi connectivity index (χ3n) is 1.43. The van der Waals surface area contributed by atoms with E-state index in [1.54, 1.807) is 6.92 Å². The molecule has 0 aromatic rings. The van der Waals surface area contributed by atoms with Crippen molar-refractivity contribution < 1.29 is 4.79 Å². The third-order valence-corrected chi connectivity index (χ3v) is 1.43. The van der Waals surface area contributed by atoms with Crippen molar-refractivity contribution in [3.8, 4) is 11.8 Å². The maximum atomic E-state index is 11.3. The van der Waals surface area contributed by atoms with Gasteiger partial charge in [0.25, 0.3) is 0 Å². The number of hydrogen-bond donors (Lipinski definition) is 2. The molecule has 80 valence electrons. The maximum Gasteiger partial charge on any atom is 0.221 e. The van der Waals surface area contributed by atoms with Gasteiger partial charge in [-0.25, -0.2) is 0 Å². The van der Waals surface area contributed by atoms with Crippen molar-refractivity contribution in [1.82, 2.24) is 10.6 Å². The van der Waals surface area contributed by atoms with E-state index in [1.165, 1.54) is 0 Å². The first-order valence-electron chi connectivity index (χ1n) is 4.87. The largest absolute Gasteiger partial charge is 0.351 e. The van der Waals surface area contributed by atoms with E-state index in [4.69, 9.17) is 0 Å². The molecule has 3 heteroatoms. The highest BCUT2D eigenvalue weighted by atomic mass is 16.1. The Labute approximate surface area is 86.6 Å². The monoisotopic (exact) mass is 196 g/mol. The van der Waals surface area contributed by atoms with E-state index in [1.807, 2.05) is 20.8 Å². The van der Waals surface area contributed by atoms with Crippen LogP contribution in [0.25, 0.3) is 0 Å². The molecule has 0 unspecified atom stereocenters. The molecule has 0 saturated carbocycles. The highest BCUT2D eigenvalue weighted by Gasteiger charge is 2.12. The van der Waals surface area contributed by atoms with Crippen LogP contribution in [-0.2, 0) is 4.79 Å². The van der Waals surface area contributed by atoms with E-state index in [0.717, 1.165) is 0 Å². The number of nitrogens with one attached hydrogen (secondary N) is 2. The molecule has 0 spiro atoms. The van der Waals surface area contributed by atoms with Gasteiger partial charge in [-0.2, -0.15) is 0 Å². The Kier molecular flexibility index (Phi) is 5.98. The average Bonchev–Trinajstić information content (AvgIpc) is 2.00. The Hall–Kier alpha value is -1.01. The van der Waals surface area contributed by atoms with Crippen LogP contribution in [-0.4, -0.2) is 24.5 Å². The van der Waals surface area contributed by atoms with Gasteiger partial charge >= 0.3 is 0 Å². The van der Waals surface area contributed by atoms with Gasteiger partial charge in [-0.3, -0.25) is 4.79 Å². The predicted octanol–water partition coefficient (Wildman–Crippen LogP) is 0.904. The minimum atomic E-state index is -0.139. The molecular weight excluding hydrogens is 176 g/mol. The number of carbonyl (C=O) groups excluding carboxylic acids is 1. The molecule has 14 heavy (non-hydrogen) atoms. The lowest BCUT2D eigenvalue weighted by Gasteiger charge is -2.20. The van der Waals surface area contributed by atoms with E-state index in [2.05, 4.69) is 22.5 Å². The number of rotatable bonds is 4. The third kappa shape index (κ3) is 9.08. The lowest BCUT2D eigenvalue weighted by atomic mass is 10.1. The summed E-state index contributed by atoms with van der Waals surface area (Å²) in [5.41, 5.74) is -0.139. The molecule has 0 aliphatic heterocycles. The van der Waals surface area contributed by atoms with Gasteiger partial charge in [-0.1, -0.05) is 5.92 Å². The van der Waals surface area contributed by atoms with Gasteiger partial charge in [0.2, 0.25) is 5.91 Å². The zero-order chi connectivity index (χ0) is 11.0. The Balaban J connectivity index is 3.49. The van der Waals surface area contributed by atoms with Gasteiger partial charge in [0.05, 0.1) is 6.54 Å². The molecule has 0 aliphatic carbocycles. The van der Waals surface area contributed by atoms with Crippen LogP contribution in [0, 0.1) is 11.8 Å². The van der Waals surface area contributed by atoms with E-state index in [9.17, 15) is 4.79 Å². The summed E-state index contributed by atoms with van der Waals surface area (Å²) in [6, 6.07) is 0. The van der Waals surface area contributed by atoms with E-state index < -0.39 is 0 Å². The van der Waals surface area contributed by atoms with Gasteiger partial charge in [-0.05, 0) is 27.7 Å². The fraction of sp³-hybridized carbons (Fsp3) is 0.727. The number of amides is 1. The Morgan fingerprint density at radius 1 is 1.36 bits per heavy atom. The van der Waals surface area contributed by atoms with Crippen LogP contribution in [0.2, 0.25) is 0 Å². The first kappa shape index (κ1) is 13.0. The molecule has 0 aromatic heterocycles. The summed E-state index contributed by atoms with van der Waals surface area (Å²) in [7, 11) is 0. The van der Waals surface area contributed by atoms with Crippen molar-refractivity contribution in [3.05, 3.63) is 0 Å². The molecular formula is C11H20N2O. The molecule has 0 fully saturated rings. The Morgan fingerprint density at radius 3 is 2.50 bits per heavy atom. The summed E-state index contributed by atoms with van der Waals surface area (Å²) in [6.45, 7) is 9.05. The fourth-order valence-electron chi connectivity index (χ4n) is 0.922. The van der Waals surface area contributed by atoms with Gasteiger partial charge in [0, 0.05) is 18.5 Å². The minimum Gasteiger partial charge on any atom is -0.351 e. The highest BCUT2D eigenvalue weighted by Crippen LogP contribution is 1.98. The van der Waals surface area contributed by atoms with Crippen molar-refractivity contribution >= 4 is 5.91 Å². The summed E-state index contributed by atoms with van der Waals surface area (Å²) in [5.74, 6) is 5.74. The van der Waals surface area contributed by atoms with E-state index in [0.29, 0.717) is 19.5 Å². The van der Waals surface area contributed by atoms with E-state index in [-0.39, 0.29) is 11.4 Å². The zero-order valence-electron chi connectivity index (χ0n) is 9.53. The Bertz CT molecular complexity index is 230. The lowest BCUT2D eigenvalue weighted by molar-refractivity contribution is -0.122. The van der Waals surface area contributed by atoms with Crippen molar-refractivity contribution in [2.45, 2.75) is 39.7 Å². The van der Waals surface area contributed by atoms with Crippen molar-refractivity contribution in [1.29, 1.82) is 0 Å². The topological polar surface area (TPSA) is 41.1 Å². The second kappa shape index (κ2) is 6.44. The van der Waals surface area contributed by atoms with Crippen molar-refractivity contribution in [3.63, 3.8) is 0 Å². The molecule has 0 radical (unpaired) electrons. The minimum absolute atomic E-state index is 0.0782. The van der Waals surface area contributed by atoms with Crippen LogP contribution < -0.4 is 10.6 Å². The van der Waals surface area contributed by atoms with Crippen LogP contribution in [0.15, 0.2) is 0 Å². The second-order valence-corrected chi connectivity index (χ2v) is 4.15. The summed E-state index contributed by atoms with van der Waals surface area (Å²) in [6.07, 6.45) is 0.503. The van der Waals surface area contributed by atoms with Crippen LogP contribution in [0.3, 0.4) is 0 Å². The predicted molar refractivity (Wildman–Crippen MR) is 58.8 cm³/mol. The standard InChI is InChI=1S/C11H20N2O/c1-5-6-8-12-9-7-10(14)13-11(2,3)4/h12H,7-9H2,1-4H3,(H,13,14). The molecule has 1 amide bonds. The van der Waals surface area contributed by atoms with Crippen molar-refractivity contribution in [2.75, 3.05) is 13.1 Å². The van der Waals surface area contributed by atoms with Gasteiger partial charge in [0.1, 0.15) is 0 Å². The summed E-state index contributed by atoms with van der Waals surface area (Å²) in [4.78, 5) is 11.3. The summed E-state index contributed by atoms with van der Waals surface area (Å²) >= 11 is 0. The average molecular weight is 196 g/mol. The highest BCUT2D eigenvalue weighted by molar-refractivity contribution is 5.76. The molecule has 2 N–H and O–H groups in total. The molecule has 0 rings (SSSR count). The first-order chi connectivity index (χ1) is 6.45. The first-order valence-corrected chi connectivity index (χ1v) is 4.87. The summed E-state index contributed by atoms with van der Waals surface area (Å²) in [5, 5.41) is 5.96. The molecule has 0 saturated heterocycles. The molecule has 0 aliphatic rings. The summed E-state index contributed by atoms with van der Waals surface area (Å²) < 4.78 is 0. The van der Waals surface area contributed by atoms with Crippen LogP contribution in [0.4, 0.5) is 0 Å². The Morgan fingerprint density at radius 2 is 2.00 bits per heavy atom. The van der Waals surface area contributed by atoms with Crippen molar-refractivity contribution in [2.24, 2.45) is 0 Å². The SMILES string of the molecule is CC#CCNCCC(=O)NC(C)(C)C. The normalized spacial score (nSPS) is 10.3. The maximum absolute atomic E-state index is 11.3. The van der Waals surface area contributed by atoms with Crippen LogP contribution >= 0.6 is 0 Å². The fourth-order valence-corrected chi connectivity index (χ4v) is 0.922.